The van der Waals surface area contributed by atoms with Crippen LogP contribution in [0.25, 0.3) is 5.52 Å². The van der Waals surface area contributed by atoms with Gasteiger partial charge in [0.05, 0.1) is 11.7 Å². The Kier molecular flexibility index (Phi) is 3.52. The van der Waals surface area contributed by atoms with Crippen molar-refractivity contribution in [1.29, 1.82) is 0 Å². The second kappa shape index (κ2) is 5.46. The molecule has 20 heavy (non-hydrogen) atoms. The Bertz CT molecular complexity index is 766. The largest absolute Gasteiger partial charge is 0.348 e. The summed E-state index contributed by atoms with van der Waals surface area (Å²) in [4.78, 5) is 12.1. The topological polar surface area (TPSA) is 46.4 Å². The van der Waals surface area contributed by atoms with Crippen LogP contribution in [-0.4, -0.2) is 15.5 Å². The number of nitrogens with one attached hydrogen (secondary N) is 1. The summed E-state index contributed by atoms with van der Waals surface area (Å²) in [5.74, 6) is -0.0958. The second-order valence-electron chi connectivity index (χ2n) is 4.39. The van der Waals surface area contributed by atoms with Crippen LogP contribution in [0.15, 0.2) is 59.3 Å². The molecule has 0 fully saturated rings. The van der Waals surface area contributed by atoms with E-state index in [2.05, 4.69) is 26.3 Å². The summed E-state index contributed by atoms with van der Waals surface area (Å²) in [7, 11) is 0. The van der Waals surface area contributed by atoms with Gasteiger partial charge in [0.15, 0.2) is 0 Å². The highest BCUT2D eigenvalue weighted by atomic mass is 79.9. The highest BCUT2D eigenvalue weighted by molar-refractivity contribution is 9.10. The van der Waals surface area contributed by atoms with Crippen LogP contribution in [0.1, 0.15) is 15.9 Å². The quantitative estimate of drug-likeness (QED) is 0.802. The van der Waals surface area contributed by atoms with Gasteiger partial charge in [0.1, 0.15) is 0 Å². The average Bonchev–Trinajstić information content (AvgIpc) is 2.88. The number of amides is 1. The molecular weight excluding hydrogens is 318 g/mol. The third kappa shape index (κ3) is 2.58. The van der Waals surface area contributed by atoms with Gasteiger partial charge >= 0.3 is 0 Å². The molecule has 0 unspecified atom stereocenters. The number of carbonyl (C=O) groups is 1. The van der Waals surface area contributed by atoms with E-state index in [1.165, 1.54) is 0 Å². The van der Waals surface area contributed by atoms with Crippen molar-refractivity contribution in [2.24, 2.45) is 0 Å². The number of carbonyl (C=O) groups excluding carboxylic acids is 1. The molecule has 100 valence electrons. The minimum atomic E-state index is -0.0958. The van der Waals surface area contributed by atoms with Crippen molar-refractivity contribution in [3.63, 3.8) is 0 Å². The van der Waals surface area contributed by atoms with Gasteiger partial charge in [0, 0.05) is 28.3 Å². The van der Waals surface area contributed by atoms with Crippen LogP contribution in [-0.2, 0) is 6.54 Å². The molecule has 1 aromatic carbocycles. The lowest BCUT2D eigenvalue weighted by molar-refractivity contribution is 0.0951. The van der Waals surface area contributed by atoms with Crippen LogP contribution in [0.4, 0.5) is 0 Å². The molecule has 5 heteroatoms. The second-order valence-corrected chi connectivity index (χ2v) is 5.31. The third-order valence-electron chi connectivity index (χ3n) is 3.03. The van der Waals surface area contributed by atoms with Crippen molar-refractivity contribution < 1.29 is 4.79 Å². The Hall–Kier alpha value is -2.14. The first-order valence-corrected chi connectivity index (χ1v) is 6.98. The summed E-state index contributed by atoms with van der Waals surface area (Å²) in [6.07, 6.45) is 3.66. The molecule has 3 aromatic rings. The van der Waals surface area contributed by atoms with Gasteiger partial charge in [-0.25, -0.2) is 4.52 Å². The van der Waals surface area contributed by atoms with E-state index in [1.54, 1.807) is 22.8 Å². The fourth-order valence-corrected chi connectivity index (χ4v) is 2.43. The summed E-state index contributed by atoms with van der Waals surface area (Å²) in [6, 6.07) is 13.2. The average molecular weight is 330 g/mol. The van der Waals surface area contributed by atoms with Gasteiger partial charge < -0.3 is 5.32 Å². The van der Waals surface area contributed by atoms with Gasteiger partial charge in [-0.1, -0.05) is 28.1 Å². The molecule has 0 saturated heterocycles. The molecule has 0 aliphatic heterocycles. The Morgan fingerprint density at radius 3 is 3.00 bits per heavy atom. The van der Waals surface area contributed by atoms with E-state index >= 15 is 0 Å². The normalized spacial score (nSPS) is 10.7. The summed E-state index contributed by atoms with van der Waals surface area (Å²) in [6.45, 7) is 0.457. The van der Waals surface area contributed by atoms with Crippen molar-refractivity contribution in [3.8, 4) is 0 Å². The van der Waals surface area contributed by atoms with Crippen molar-refractivity contribution in [3.05, 3.63) is 70.5 Å². The van der Waals surface area contributed by atoms with Gasteiger partial charge in [0.2, 0.25) is 0 Å². The Morgan fingerprint density at radius 2 is 2.15 bits per heavy atom. The molecule has 3 rings (SSSR count). The zero-order valence-corrected chi connectivity index (χ0v) is 12.2. The lowest BCUT2D eigenvalue weighted by Crippen LogP contribution is -2.22. The third-order valence-corrected chi connectivity index (χ3v) is 3.53. The molecule has 0 saturated carbocycles. The number of aromatic nitrogens is 2. The number of hydrogen-bond donors (Lipinski definition) is 1. The van der Waals surface area contributed by atoms with Gasteiger partial charge in [-0.3, -0.25) is 4.79 Å². The standard InChI is InChI=1S/C15H12BrN3O/c16-13-5-3-4-11(8-13)15(20)17-9-12-10-18-19-7-2-1-6-14(12)19/h1-8,10H,9H2,(H,17,20). The number of benzene rings is 1. The molecule has 2 aromatic heterocycles. The smallest absolute Gasteiger partial charge is 0.251 e. The highest BCUT2D eigenvalue weighted by Crippen LogP contribution is 2.13. The minimum Gasteiger partial charge on any atom is -0.348 e. The van der Waals surface area contributed by atoms with Crippen molar-refractivity contribution in [2.45, 2.75) is 6.54 Å². The van der Waals surface area contributed by atoms with E-state index in [9.17, 15) is 4.79 Å². The maximum Gasteiger partial charge on any atom is 0.251 e. The van der Waals surface area contributed by atoms with Crippen LogP contribution in [0.2, 0.25) is 0 Å². The van der Waals surface area contributed by atoms with E-state index in [0.717, 1.165) is 15.6 Å². The van der Waals surface area contributed by atoms with Crippen LogP contribution in [0.5, 0.6) is 0 Å². The summed E-state index contributed by atoms with van der Waals surface area (Å²) >= 11 is 3.36. The predicted molar refractivity (Wildman–Crippen MR) is 80.5 cm³/mol. The lowest BCUT2D eigenvalue weighted by Gasteiger charge is -2.04. The van der Waals surface area contributed by atoms with E-state index in [-0.39, 0.29) is 5.91 Å². The minimum absolute atomic E-state index is 0.0958. The van der Waals surface area contributed by atoms with E-state index < -0.39 is 0 Å². The molecule has 1 amide bonds. The van der Waals surface area contributed by atoms with Crippen LogP contribution >= 0.6 is 15.9 Å². The van der Waals surface area contributed by atoms with Gasteiger partial charge in [0.25, 0.3) is 5.91 Å². The summed E-state index contributed by atoms with van der Waals surface area (Å²) in [5.41, 5.74) is 2.63. The molecule has 4 nitrogen and oxygen atoms in total. The van der Waals surface area contributed by atoms with Gasteiger partial charge in [-0.15, -0.1) is 0 Å². The zero-order valence-electron chi connectivity index (χ0n) is 10.6. The molecule has 0 aliphatic rings. The molecule has 2 heterocycles. The zero-order chi connectivity index (χ0) is 13.9. The first-order chi connectivity index (χ1) is 9.74. The Balaban J connectivity index is 1.75. The summed E-state index contributed by atoms with van der Waals surface area (Å²) in [5, 5.41) is 7.15. The monoisotopic (exact) mass is 329 g/mol. The van der Waals surface area contributed by atoms with Crippen LogP contribution < -0.4 is 5.32 Å². The predicted octanol–water partition coefficient (Wildman–Crippen LogP) is 3.03. The number of rotatable bonds is 3. The maximum absolute atomic E-state index is 12.1. The number of nitrogens with zero attached hydrogens (tertiary/aromatic N) is 2. The van der Waals surface area contributed by atoms with E-state index in [1.807, 2.05) is 36.5 Å². The fourth-order valence-electron chi connectivity index (χ4n) is 2.03. The molecule has 0 atom stereocenters. The molecule has 0 spiro atoms. The summed E-state index contributed by atoms with van der Waals surface area (Å²) < 4.78 is 2.68. The first-order valence-electron chi connectivity index (χ1n) is 6.19. The van der Waals surface area contributed by atoms with Crippen molar-refractivity contribution in [1.82, 2.24) is 14.9 Å². The SMILES string of the molecule is O=C(NCc1cnn2ccccc12)c1cccc(Br)c1. The number of hydrogen-bond acceptors (Lipinski definition) is 2. The van der Waals surface area contributed by atoms with Gasteiger partial charge in [-0.2, -0.15) is 5.10 Å². The number of fused-ring (bicyclic) bond motifs is 1. The van der Waals surface area contributed by atoms with E-state index in [4.69, 9.17) is 0 Å². The van der Waals surface area contributed by atoms with Crippen LogP contribution in [0, 0.1) is 0 Å². The lowest BCUT2D eigenvalue weighted by atomic mass is 10.2. The molecule has 0 radical (unpaired) electrons. The van der Waals surface area contributed by atoms with Crippen molar-refractivity contribution >= 4 is 27.4 Å². The Morgan fingerprint density at radius 1 is 1.25 bits per heavy atom. The van der Waals surface area contributed by atoms with Crippen molar-refractivity contribution in [2.75, 3.05) is 0 Å². The molecular formula is C15H12BrN3O. The maximum atomic E-state index is 12.1. The van der Waals surface area contributed by atoms with Gasteiger partial charge in [-0.05, 0) is 30.3 Å². The number of pyridine rings is 1. The number of halogens is 1. The molecule has 0 aliphatic carbocycles. The molecule has 0 bridgehead atoms. The van der Waals surface area contributed by atoms with E-state index in [0.29, 0.717) is 12.1 Å². The molecule has 1 N–H and O–H groups in total. The van der Waals surface area contributed by atoms with Crippen LogP contribution in [0.3, 0.4) is 0 Å². The fraction of sp³-hybridized carbons (Fsp3) is 0.0667. The first kappa shape index (κ1) is 12.9. The Labute approximate surface area is 124 Å². The highest BCUT2D eigenvalue weighted by Gasteiger charge is 2.08.